The van der Waals surface area contributed by atoms with Crippen LogP contribution in [-0.4, -0.2) is 0 Å². The van der Waals surface area contributed by atoms with Gasteiger partial charge in [-0.05, 0) is 52.7 Å². The van der Waals surface area contributed by atoms with Gasteiger partial charge in [0, 0.05) is 22.2 Å². The lowest BCUT2D eigenvalue weighted by atomic mass is 10.0. The molecule has 0 unspecified atom stereocenters. The lowest BCUT2D eigenvalue weighted by Crippen LogP contribution is -2.05. The minimum Gasteiger partial charge on any atom is -0.489 e. The molecule has 0 amide bonds. The summed E-state index contributed by atoms with van der Waals surface area (Å²) in [6.07, 6.45) is 0. The molecule has 0 saturated carbocycles. The predicted molar refractivity (Wildman–Crippen MR) is 124 cm³/mol. The fourth-order valence-corrected chi connectivity index (χ4v) is 3.79. The Hall–Kier alpha value is -2.39. The molecule has 0 aromatic heterocycles. The second kappa shape index (κ2) is 8.96. The maximum absolute atomic E-state index is 6.32. The van der Waals surface area contributed by atoms with Crippen molar-refractivity contribution < 1.29 is 4.74 Å². The zero-order valence-corrected chi connectivity index (χ0v) is 17.7. The van der Waals surface area contributed by atoms with E-state index in [1.165, 1.54) is 0 Å². The smallest absolute Gasteiger partial charge is 0.125 e. The van der Waals surface area contributed by atoms with Crippen LogP contribution in [0.25, 0.3) is 10.8 Å². The second-order valence-corrected chi connectivity index (χ2v) is 7.94. The van der Waals surface area contributed by atoms with Crippen LogP contribution in [0.15, 0.2) is 78.9 Å². The quantitative estimate of drug-likeness (QED) is 0.327. The molecular formula is C24H18Cl3NO. The van der Waals surface area contributed by atoms with E-state index in [2.05, 4.69) is 23.5 Å². The van der Waals surface area contributed by atoms with Gasteiger partial charge in [-0.25, -0.2) is 0 Å². The fraction of sp³-hybridized carbons (Fsp3) is 0.0833. The number of halogens is 3. The van der Waals surface area contributed by atoms with E-state index in [0.717, 1.165) is 33.3 Å². The van der Waals surface area contributed by atoms with Gasteiger partial charge in [0.2, 0.25) is 0 Å². The van der Waals surface area contributed by atoms with Gasteiger partial charge in [0.25, 0.3) is 0 Å². The lowest BCUT2D eigenvalue weighted by Gasteiger charge is -2.16. The molecule has 0 heterocycles. The third-order valence-corrected chi connectivity index (χ3v) is 5.49. The molecule has 0 aliphatic heterocycles. The van der Waals surface area contributed by atoms with Crippen molar-refractivity contribution >= 4 is 51.3 Å². The molecule has 0 bridgehead atoms. The first-order chi connectivity index (χ1) is 14.1. The van der Waals surface area contributed by atoms with Gasteiger partial charge < -0.3 is 10.1 Å². The van der Waals surface area contributed by atoms with Crippen LogP contribution < -0.4 is 10.1 Å². The van der Waals surface area contributed by atoms with E-state index < -0.39 is 0 Å². The number of nitrogens with one attached hydrogen (secondary N) is 1. The first kappa shape index (κ1) is 19.9. The van der Waals surface area contributed by atoms with Crippen molar-refractivity contribution in [1.29, 1.82) is 0 Å². The predicted octanol–water partition coefficient (Wildman–Crippen LogP) is 7.99. The van der Waals surface area contributed by atoms with Gasteiger partial charge in [0.1, 0.15) is 12.4 Å². The number of hydrogen-bond donors (Lipinski definition) is 1. The van der Waals surface area contributed by atoms with Crippen LogP contribution in [0.1, 0.15) is 11.1 Å². The Morgan fingerprint density at radius 1 is 0.759 bits per heavy atom. The average Bonchev–Trinajstić information content (AvgIpc) is 2.73. The minimum atomic E-state index is 0.463. The highest BCUT2D eigenvalue weighted by atomic mass is 35.5. The molecule has 0 aliphatic rings. The highest BCUT2D eigenvalue weighted by Gasteiger charge is 2.11. The fourth-order valence-electron chi connectivity index (χ4n) is 3.19. The van der Waals surface area contributed by atoms with Crippen LogP contribution in [-0.2, 0) is 13.2 Å². The third-order valence-electron chi connectivity index (χ3n) is 4.69. The van der Waals surface area contributed by atoms with Crippen molar-refractivity contribution in [2.45, 2.75) is 13.2 Å². The van der Waals surface area contributed by atoms with E-state index in [1.807, 2.05) is 54.6 Å². The summed E-state index contributed by atoms with van der Waals surface area (Å²) in [4.78, 5) is 0. The Morgan fingerprint density at radius 3 is 2.31 bits per heavy atom. The van der Waals surface area contributed by atoms with Crippen molar-refractivity contribution in [1.82, 2.24) is 0 Å². The molecule has 4 aromatic rings. The number of ether oxygens (including phenoxy) is 1. The Labute approximate surface area is 185 Å². The molecule has 0 aliphatic carbocycles. The van der Waals surface area contributed by atoms with E-state index in [4.69, 9.17) is 39.5 Å². The molecule has 4 aromatic carbocycles. The van der Waals surface area contributed by atoms with E-state index in [1.54, 1.807) is 6.07 Å². The SMILES string of the molecule is Clc1ccc(COc2ccc3ccccc3c2CNc2ccc(Cl)cc2Cl)cc1. The van der Waals surface area contributed by atoms with Crippen LogP contribution in [0.4, 0.5) is 5.69 Å². The highest BCUT2D eigenvalue weighted by Crippen LogP contribution is 2.31. The summed E-state index contributed by atoms with van der Waals surface area (Å²) >= 11 is 18.3. The Morgan fingerprint density at radius 2 is 1.52 bits per heavy atom. The standard InChI is InChI=1S/C24H18Cl3NO/c25-18-8-5-16(6-9-18)15-29-24-12-7-17-3-1-2-4-20(17)21(24)14-28-23-11-10-19(26)13-22(23)27/h1-13,28H,14-15H2. The summed E-state index contributed by atoms with van der Waals surface area (Å²) in [5.74, 6) is 0.830. The number of rotatable bonds is 6. The first-order valence-corrected chi connectivity index (χ1v) is 10.3. The van der Waals surface area contributed by atoms with Crippen LogP contribution in [0.2, 0.25) is 15.1 Å². The van der Waals surface area contributed by atoms with Crippen molar-refractivity contribution in [3.8, 4) is 5.75 Å². The number of fused-ring (bicyclic) bond motifs is 1. The van der Waals surface area contributed by atoms with Gasteiger partial charge in [-0.2, -0.15) is 0 Å². The van der Waals surface area contributed by atoms with Gasteiger partial charge >= 0.3 is 0 Å². The maximum atomic E-state index is 6.32. The molecule has 5 heteroatoms. The largest absolute Gasteiger partial charge is 0.489 e. The van der Waals surface area contributed by atoms with Gasteiger partial charge in [0.05, 0.1) is 10.7 Å². The van der Waals surface area contributed by atoms with Crippen molar-refractivity contribution in [2.24, 2.45) is 0 Å². The van der Waals surface area contributed by atoms with Gasteiger partial charge in [0.15, 0.2) is 0 Å². The molecule has 0 fully saturated rings. The van der Waals surface area contributed by atoms with Crippen molar-refractivity contribution in [3.05, 3.63) is 105 Å². The molecule has 146 valence electrons. The summed E-state index contributed by atoms with van der Waals surface area (Å²) in [6.45, 7) is 1.03. The van der Waals surface area contributed by atoms with Crippen molar-refractivity contribution in [2.75, 3.05) is 5.32 Å². The number of benzene rings is 4. The molecular weight excluding hydrogens is 425 g/mol. The molecule has 2 nitrogen and oxygen atoms in total. The Kier molecular flexibility index (Phi) is 6.15. The molecule has 0 atom stereocenters. The van der Waals surface area contributed by atoms with Crippen LogP contribution >= 0.6 is 34.8 Å². The lowest BCUT2D eigenvalue weighted by molar-refractivity contribution is 0.304. The summed E-state index contributed by atoms with van der Waals surface area (Å²) in [5, 5.41) is 7.61. The van der Waals surface area contributed by atoms with E-state index in [0.29, 0.717) is 28.2 Å². The zero-order chi connectivity index (χ0) is 20.2. The van der Waals surface area contributed by atoms with E-state index in [9.17, 15) is 0 Å². The molecule has 0 spiro atoms. The third kappa shape index (κ3) is 4.79. The summed E-state index contributed by atoms with van der Waals surface area (Å²) in [6, 6.07) is 25.4. The van der Waals surface area contributed by atoms with Crippen LogP contribution in [0.3, 0.4) is 0 Å². The topological polar surface area (TPSA) is 21.3 Å². The van der Waals surface area contributed by atoms with Crippen LogP contribution in [0.5, 0.6) is 5.75 Å². The van der Waals surface area contributed by atoms with Crippen molar-refractivity contribution in [3.63, 3.8) is 0 Å². The summed E-state index contributed by atoms with van der Waals surface area (Å²) in [5.41, 5.74) is 2.96. The van der Waals surface area contributed by atoms with E-state index >= 15 is 0 Å². The molecule has 4 rings (SSSR count). The van der Waals surface area contributed by atoms with Gasteiger partial charge in [-0.15, -0.1) is 0 Å². The first-order valence-electron chi connectivity index (χ1n) is 9.17. The van der Waals surface area contributed by atoms with Gasteiger partial charge in [-0.3, -0.25) is 0 Å². The van der Waals surface area contributed by atoms with E-state index in [-0.39, 0.29) is 0 Å². The summed E-state index contributed by atoms with van der Waals surface area (Å²) in [7, 11) is 0. The maximum Gasteiger partial charge on any atom is 0.125 e. The molecule has 1 N–H and O–H groups in total. The average molecular weight is 443 g/mol. The highest BCUT2D eigenvalue weighted by molar-refractivity contribution is 6.36. The normalized spacial score (nSPS) is 10.9. The minimum absolute atomic E-state index is 0.463. The molecule has 0 saturated heterocycles. The summed E-state index contributed by atoms with van der Waals surface area (Å²) < 4.78 is 6.17. The van der Waals surface area contributed by atoms with Crippen LogP contribution in [0, 0.1) is 0 Å². The Balaban J connectivity index is 1.62. The van der Waals surface area contributed by atoms with Gasteiger partial charge in [-0.1, -0.05) is 77.3 Å². The Bertz CT molecular complexity index is 1140. The number of hydrogen-bond acceptors (Lipinski definition) is 2. The number of anilines is 1. The molecule has 29 heavy (non-hydrogen) atoms. The monoisotopic (exact) mass is 441 g/mol. The second-order valence-electron chi connectivity index (χ2n) is 6.66. The zero-order valence-electron chi connectivity index (χ0n) is 15.5. The molecule has 0 radical (unpaired) electrons.